The van der Waals surface area contributed by atoms with Crippen LogP contribution in [0.2, 0.25) is 5.02 Å². The number of methoxy groups -OCH3 is 1. The van der Waals surface area contributed by atoms with Crippen molar-refractivity contribution in [1.29, 1.82) is 0 Å². The lowest BCUT2D eigenvalue weighted by Gasteiger charge is -2.28. The Labute approximate surface area is 190 Å². The van der Waals surface area contributed by atoms with Gasteiger partial charge in [-0.15, -0.1) is 0 Å². The minimum Gasteiger partial charge on any atom is -0.503 e. The fraction of sp³-hybridized carbons (Fsp3) is 0.250. The number of ether oxygens (including phenoxy) is 1. The SMILES string of the molecule is COc1cccc(C2C(C(=O)c3cc4cc(Cl)ccc4o3)=C(O)C(=O)N2CCN(C)C)c1. The van der Waals surface area contributed by atoms with E-state index in [4.69, 9.17) is 20.8 Å². The fourth-order valence-electron chi connectivity index (χ4n) is 3.84. The van der Waals surface area contributed by atoms with Gasteiger partial charge in [0.1, 0.15) is 11.3 Å². The maximum Gasteiger partial charge on any atom is 0.290 e. The number of hydrogen-bond acceptors (Lipinski definition) is 6. The van der Waals surface area contributed by atoms with Crippen molar-refractivity contribution in [3.05, 3.63) is 76.2 Å². The standard InChI is InChI=1S/C24H23ClN2O5/c1-26(2)9-10-27-21(14-5-4-6-17(12-14)31-3)20(23(29)24(27)30)22(28)19-13-15-11-16(25)7-8-18(15)32-19/h4-8,11-13,21,29H,9-10H2,1-3H3. The zero-order valence-electron chi connectivity index (χ0n) is 18.0. The predicted octanol–water partition coefficient (Wildman–Crippen LogP) is 4.23. The topological polar surface area (TPSA) is 83.2 Å². The van der Waals surface area contributed by atoms with Gasteiger partial charge in [0.15, 0.2) is 11.5 Å². The normalized spacial score (nSPS) is 16.5. The Kier molecular flexibility index (Phi) is 5.95. The first-order chi connectivity index (χ1) is 15.3. The first kappa shape index (κ1) is 21.9. The highest BCUT2D eigenvalue weighted by Crippen LogP contribution is 2.40. The molecule has 1 atom stereocenters. The van der Waals surface area contributed by atoms with Gasteiger partial charge in [-0.3, -0.25) is 9.59 Å². The summed E-state index contributed by atoms with van der Waals surface area (Å²) in [4.78, 5) is 29.9. The van der Waals surface area contributed by atoms with Gasteiger partial charge >= 0.3 is 0 Å². The summed E-state index contributed by atoms with van der Waals surface area (Å²) in [5.41, 5.74) is 1.12. The summed E-state index contributed by atoms with van der Waals surface area (Å²) >= 11 is 6.04. The number of hydrogen-bond donors (Lipinski definition) is 1. The number of fused-ring (bicyclic) bond motifs is 1. The third-order valence-electron chi connectivity index (χ3n) is 5.45. The molecule has 7 nitrogen and oxygen atoms in total. The zero-order chi connectivity index (χ0) is 23.0. The molecule has 166 valence electrons. The van der Waals surface area contributed by atoms with Crippen molar-refractivity contribution in [2.45, 2.75) is 6.04 Å². The highest BCUT2D eigenvalue weighted by atomic mass is 35.5. The van der Waals surface area contributed by atoms with E-state index < -0.39 is 23.5 Å². The number of carbonyl (C=O) groups excluding carboxylic acids is 2. The molecule has 0 aliphatic carbocycles. The van der Waals surface area contributed by atoms with Crippen molar-refractivity contribution in [2.75, 3.05) is 34.3 Å². The highest BCUT2D eigenvalue weighted by Gasteiger charge is 2.44. The minimum atomic E-state index is -0.776. The number of Topliss-reactive ketones (excluding diaryl/α,β-unsaturated/α-hetero) is 1. The Morgan fingerprint density at radius 3 is 2.72 bits per heavy atom. The van der Waals surface area contributed by atoms with Gasteiger partial charge in [0.25, 0.3) is 5.91 Å². The predicted molar refractivity (Wildman–Crippen MR) is 121 cm³/mol. The molecule has 0 saturated heterocycles. The van der Waals surface area contributed by atoms with Gasteiger partial charge in [-0.2, -0.15) is 0 Å². The number of halogens is 1. The van der Waals surface area contributed by atoms with Crippen LogP contribution in [0, 0.1) is 0 Å². The molecular formula is C24H23ClN2O5. The largest absolute Gasteiger partial charge is 0.503 e. The van der Waals surface area contributed by atoms with Crippen LogP contribution in [0.1, 0.15) is 22.2 Å². The number of benzene rings is 2. The molecule has 1 N–H and O–H groups in total. The van der Waals surface area contributed by atoms with Crippen molar-refractivity contribution in [3.8, 4) is 5.75 Å². The second kappa shape index (κ2) is 8.68. The number of aliphatic hydroxyl groups excluding tert-OH is 1. The molecular weight excluding hydrogens is 432 g/mol. The maximum atomic E-state index is 13.5. The van der Waals surface area contributed by atoms with Crippen molar-refractivity contribution in [3.63, 3.8) is 0 Å². The molecule has 0 saturated carbocycles. The van der Waals surface area contributed by atoms with Gasteiger partial charge < -0.3 is 24.1 Å². The molecule has 1 unspecified atom stereocenters. The first-order valence-electron chi connectivity index (χ1n) is 10.1. The third-order valence-corrected chi connectivity index (χ3v) is 5.68. The average Bonchev–Trinajstić information content (AvgIpc) is 3.30. The van der Waals surface area contributed by atoms with Crippen LogP contribution in [0.4, 0.5) is 0 Å². The van der Waals surface area contributed by atoms with Crippen molar-refractivity contribution >= 4 is 34.3 Å². The van der Waals surface area contributed by atoms with Crippen LogP contribution in [-0.2, 0) is 4.79 Å². The van der Waals surface area contributed by atoms with Crippen LogP contribution in [0.15, 0.2) is 64.3 Å². The minimum absolute atomic E-state index is 0.0211. The summed E-state index contributed by atoms with van der Waals surface area (Å²) in [5, 5.41) is 11.9. The van der Waals surface area contributed by atoms with Crippen molar-refractivity contribution < 1.29 is 23.8 Å². The number of furan rings is 1. The van der Waals surface area contributed by atoms with Crippen molar-refractivity contribution in [2.24, 2.45) is 0 Å². The summed E-state index contributed by atoms with van der Waals surface area (Å²) in [7, 11) is 5.32. The molecule has 1 aromatic heterocycles. The molecule has 4 rings (SSSR count). The van der Waals surface area contributed by atoms with E-state index in [0.717, 1.165) is 0 Å². The maximum absolute atomic E-state index is 13.5. The number of ketones is 1. The first-order valence-corrected chi connectivity index (χ1v) is 10.4. The quantitative estimate of drug-likeness (QED) is 0.538. The zero-order valence-corrected chi connectivity index (χ0v) is 18.7. The van der Waals surface area contributed by atoms with Gasteiger partial charge in [-0.1, -0.05) is 23.7 Å². The molecule has 1 amide bonds. The lowest BCUT2D eigenvalue weighted by Crippen LogP contribution is -2.36. The van der Waals surface area contributed by atoms with Crippen LogP contribution in [0.5, 0.6) is 5.75 Å². The van der Waals surface area contributed by atoms with Gasteiger partial charge in [0.05, 0.1) is 18.7 Å². The van der Waals surface area contributed by atoms with Gasteiger partial charge in [0, 0.05) is 23.5 Å². The number of likely N-dealkylation sites (N-methyl/N-ethyl adjacent to an activating group) is 1. The summed E-state index contributed by atoms with van der Waals surface area (Å²) in [6.07, 6.45) is 0. The van der Waals surface area contributed by atoms with Crippen molar-refractivity contribution in [1.82, 2.24) is 9.80 Å². The molecule has 0 radical (unpaired) electrons. The highest BCUT2D eigenvalue weighted by molar-refractivity contribution is 6.31. The molecule has 0 fully saturated rings. The third kappa shape index (κ3) is 3.97. The van der Waals surface area contributed by atoms with Crippen LogP contribution in [0.25, 0.3) is 11.0 Å². The van der Waals surface area contributed by atoms with Crippen LogP contribution in [0.3, 0.4) is 0 Å². The molecule has 32 heavy (non-hydrogen) atoms. The number of carbonyl (C=O) groups is 2. The number of aliphatic hydroxyl groups is 1. The lowest BCUT2D eigenvalue weighted by atomic mass is 9.95. The van der Waals surface area contributed by atoms with Crippen LogP contribution in [-0.4, -0.2) is 60.9 Å². The van der Waals surface area contributed by atoms with Crippen LogP contribution >= 0.6 is 11.6 Å². The molecule has 3 aromatic rings. The molecule has 1 aliphatic heterocycles. The Bertz CT molecular complexity index is 1230. The van der Waals surface area contributed by atoms with E-state index in [0.29, 0.717) is 40.4 Å². The van der Waals surface area contributed by atoms with E-state index in [2.05, 4.69) is 0 Å². The molecule has 8 heteroatoms. The van der Waals surface area contributed by atoms with E-state index in [1.807, 2.05) is 19.0 Å². The van der Waals surface area contributed by atoms with E-state index >= 15 is 0 Å². The van der Waals surface area contributed by atoms with E-state index in [1.54, 1.807) is 55.6 Å². The fourth-order valence-corrected chi connectivity index (χ4v) is 4.02. The summed E-state index contributed by atoms with van der Waals surface area (Å²) in [5.74, 6) is -1.11. The Morgan fingerprint density at radius 2 is 2.00 bits per heavy atom. The number of nitrogens with zero attached hydrogens (tertiary/aromatic N) is 2. The van der Waals surface area contributed by atoms with Gasteiger partial charge in [-0.05, 0) is 56.1 Å². The molecule has 0 spiro atoms. The Hall–Kier alpha value is -3.29. The average molecular weight is 455 g/mol. The van der Waals surface area contributed by atoms with E-state index in [1.165, 1.54) is 4.90 Å². The molecule has 2 heterocycles. The summed E-state index contributed by atoms with van der Waals surface area (Å²) in [6, 6.07) is 12.9. The second-order valence-electron chi connectivity index (χ2n) is 7.87. The monoisotopic (exact) mass is 454 g/mol. The lowest BCUT2D eigenvalue weighted by molar-refractivity contribution is -0.129. The van der Waals surface area contributed by atoms with Gasteiger partial charge in [0.2, 0.25) is 5.78 Å². The Balaban J connectivity index is 1.80. The second-order valence-corrected chi connectivity index (χ2v) is 8.30. The number of amides is 1. The molecule has 1 aliphatic rings. The Morgan fingerprint density at radius 1 is 1.22 bits per heavy atom. The van der Waals surface area contributed by atoms with Gasteiger partial charge in [-0.25, -0.2) is 0 Å². The smallest absolute Gasteiger partial charge is 0.290 e. The molecule has 0 bridgehead atoms. The van der Waals surface area contributed by atoms with E-state index in [-0.39, 0.29) is 11.3 Å². The van der Waals surface area contributed by atoms with E-state index in [9.17, 15) is 14.7 Å². The number of rotatable bonds is 7. The van der Waals surface area contributed by atoms with Crippen LogP contribution < -0.4 is 4.74 Å². The molecule has 2 aromatic carbocycles. The summed E-state index contributed by atoms with van der Waals surface area (Å²) < 4.78 is 11.1. The summed E-state index contributed by atoms with van der Waals surface area (Å²) in [6.45, 7) is 0.883.